The molecular weight excluding hydrogens is 538 g/mol. The third-order valence-electron chi connectivity index (χ3n) is 5.54. The van der Waals surface area contributed by atoms with Gasteiger partial charge in [0.05, 0.1) is 30.3 Å². The molecule has 10 heteroatoms. The second-order valence-electron chi connectivity index (χ2n) is 8.47. The number of carbonyl (C=O) groups is 2. The highest BCUT2D eigenvalue weighted by atomic mass is 35.5. The second-order valence-corrected chi connectivity index (χ2v) is 10.8. The van der Waals surface area contributed by atoms with Crippen LogP contribution in [0.4, 0.5) is 5.69 Å². The Kier molecular flexibility index (Phi) is 8.75. The summed E-state index contributed by atoms with van der Waals surface area (Å²) in [6, 6.07) is 28.4. The lowest BCUT2D eigenvalue weighted by atomic mass is 10.2. The van der Waals surface area contributed by atoms with E-state index in [-0.39, 0.29) is 6.54 Å². The van der Waals surface area contributed by atoms with Crippen LogP contribution in [-0.2, 0) is 16.6 Å². The van der Waals surface area contributed by atoms with E-state index in [4.69, 9.17) is 16.3 Å². The zero-order chi connectivity index (χ0) is 27.8. The average Bonchev–Trinajstić information content (AvgIpc) is 2.93. The lowest BCUT2D eigenvalue weighted by Crippen LogP contribution is -2.29. The molecule has 0 unspecified atom stereocenters. The topological polar surface area (TPSA) is 105 Å². The van der Waals surface area contributed by atoms with Crippen LogP contribution in [0.25, 0.3) is 0 Å². The summed E-state index contributed by atoms with van der Waals surface area (Å²) in [4.78, 5) is 24.7. The highest BCUT2D eigenvalue weighted by Gasteiger charge is 2.18. The summed E-state index contributed by atoms with van der Waals surface area (Å²) >= 11 is 5.92. The third kappa shape index (κ3) is 7.76. The maximum absolute atomic E-state index is 12.5. The smallest absolute Gasteiger partial charge is 0.343 e. The van der Waals surface area contributed by atoms with E-state index < -0.39 is 21.9 Å². The average molecular weight is 562 g/mol. The van der Waals surface area contributed by atoms with Gasteiger partial charge in [-0.25, -0.2) is 18.6 Å². The minimum absolute atomic E-state index is 0.121. The number of nitrogens with one attached hydrogen (secondary N) is 1. The Balaban J connectivity index is 1.35. The van der Waals surface area contributed by atoms with Crippen LogP contribution in [0.1, 0.15) is 31.8 Å². The summed E-state index contributed by atoms with van der Waals surface area (Å²) in [6.07, 6.45) is 2.57. The molecule has 39 heavy (non-hydrogen) atoms. The van der Waals surface area contributed by atoms with E-state index in [1.807, 2.05) is 6.07 Å². The lowest BCUT2D eigenvalue weighted by Gasteiger charge is -2.22. The van der Waals surface area contributed by atoms with Gasteiger partial charge in [0.25, 0.3) is 5.91 Å². The van der Waals surface area contributed by atoms with E-state index in [1.54, 1.807) is 84.9 Å². The highest BCUT2D eigenvalue weighted by molar-refractivity contribution is 7.92. The van der Waals surface area contributed by atoms with Gasteiger partial charge in [0.1, 0.15) is 5.75 Å². The van der Waals surface area contributed by atoms with Crippen LogP contribution in [0, 0.1) is 0 Å². The first-order valence-corrected chi connectivity index (χ1v) is 13.9. The van der Waals surface area contributed by atoms with Crippen LogP contribution in [0.2, 0.25) is 5.02 Å². The van der Waals surface area contributed by atoms with Gasteiger partial charge in [-0.3, -0.25) is 9.10 Å². The van der Waals surface area contributed by atoms with Crippen LogP contribution < -0.4 is 14.5 Å². The molecule has 1 amide bonds. The number of hydrogen-bond acceptors (Lipinski definition) is 6. The van der Waals surface area contributed by atoms with Gasteiger partial charge in [0.15, 0.2) is 0 Å². The predicted molar refractivity (Wildman–Crippen MR) is 152 cm³/mol. The van der Waals surface area contributed by atoms with Gasteiger partial charge in [-0.05, 0) is 83.9 Å². The number of hydrazone groups is 1. The van der Waals surface area contributed by atoms with Crippen molar-refractivity contribution in [2.75, 3.05) is 10.6 Å². The fraction of sp³-hybridized carbons (Fsp3) is 0.0690. The fourth-order valence-electron chi connectivity index (χ4n) is 3.53. The zero-order valence-corrected chi connectivity index (χ0v) is 22.4. The molecule has 198 valence electrons. The molecule has 0 radical (unpaired) electrons. The fourth-order valence-corrected chi connectivity index (χ4v) is 4.54. The van der Waals surface area contributed by atoms with Crippen LogP contribution in [-0.4, -0.2) is 32.8 Å². The van der Waals surface area contributed by atoms with Crippen LogP contribution >= 0.6 is 11.6 Å². The Morgan fingerprint density at radius 1 is 0.872 bits per heavy atom. The third-order valence-corrected chi connectivity index (χ3v) is 6.93. The Bertz CT molecular complexity index is 1570. The molecule has 1 N–H and O–H groups in total. The van der Waals surface area contributed by atoms with Gasteiger partial charge < -0.3 is 4.74 Å². The first-order valence-electron chi connectivity index (χ1n) is 11.7. The molecule has 0 aliphatic carbocycles. The molecule has 0 heterocycles. The summed E-state index contributed by atoms with van der Waals surface area (Å²) in [7, 11) is -3.58. The first kappa shape index (κ1) is 27.6. The highest BCUT2D eigenvalue weighted by Crippen LogP contribution is 2.22. The number of benzene rings is 4. The standard InChI is InChI=1S/C29H24ClN3O5S/c1-39(36,37)33(20-22-7-13-25(30)14-8-22)26-15-11-23(12-16-26)28(34)32-31-19-21-9-17-27(18-10-21)38-29(35)24-5-3-2-4-6-24/h2-19H,20H2,1H3,(H,32,34)/b31-19+. The number of amides is 1. The number of halogens is 1. The van der Waals surface area contributed by atoms with Crippen molar-refractivity contribution in [2.24, 2.45) is 5.10 Å². The Morgan fingerprint density at radius 3 is 2.13 bits per heavy atom. The molecule has 0 aromatic heterocycles. The summed E-state index contributed by atoms with van der Waals surface area (Å²) in [6.45, 7) is 0.121. The van der Waals surface area contributed by atoms with Gasteiger partial charge in [0, 0.05) is 10.6 Å². The first-order chi connectivity index (χ1) is 18.7. The Morgan fingerprint density at radius 2 is 1.51 bits per heavy atom. The SMILES string of the molecule is CS(=O)(=O)N(Cc1ccc(Cl)cc1)c1ccc(C(=O)N/N=C/c2ccc(OC(=O)c3ccccc3)cc2)cc1. The largest absolute Gasteiger partial charge is 0.423 e. The number of esters is 1. The Labute approximate surface area is 231 Å². The van der Waals surface area contributed by atoms with Crippen molar-refractivity contribution in [3.05, 3.63) is 130 Å². The van der Waals surface area contributed by atoms with Crippen molar-refractivity contribution in [1.82, 2.24) is 5.43 Å². The molecular formula is C29H24ClN3O5S. The molecule has 0 aliphatic rings. The molecule has 0 spiro atoms. The van der Waals surface area contributed by atoms with Crippen molar-refractivity contribution in [3.8, 4) is 5.75 Å². The number of ether oxygens (including phenoxy) is 1. The van der Waals surface area contributed by atoms with E-state index >= 15 is 0 Å². The molecule has 8 nitrogen and oxygen atoms in total. The maximum Gasteiger partial charge on any atom is 0.343 e. The van der Waals surface area contributed by atoms with Crippen molar-refractivity contribution < 1.29 is 22.7 Å². The summed E-state index contributed by atoms with van der Waals surface area (Å²) in [5.74, 6) is -0.543. The quantitative estimate of drug-likeness (QED) is 0.129. The van der Waals surface area contributed by atoms with Crippen LogP contribution in [0.3, 0.4) is 0 Å². The van der Waals surface area contributed by atoms with E-state index in [1.165, 1.54) is 22.7 Å². The molecule has 4 rings (SSSR count). The normalized spacial score (nSPS) is 11.2. The lowest BCUT2D eigenvalue weighted by molar-refractivity contribution is 0.0734. The summed E-state index contributed by atoms with van der Waals surface area (Å²) in [5.41, 5.74) is 5.06. The van der Waals surface area contributed by atoms with Crippen molar-refractivity contribution in [1.29, 1.82) is 0 Å². The van der Waals surface area contributed by atoms with Gasteiger partial charge in [-0.1, -0.05) is 41.9 Å². The predicted octanol–water partition coefficient (Wildman–Crippen LogP) is 5.29. The summed E-state index contributed by atoms with van der Waals surface area (Å²) in [5, 5.41) is 4.53. The molecule has 0 fully saturated rings. The van der Waals surface area contributed by atoms with Gasteiger partial charge in [0.2, 0.25) is 10.0 Å². The zero-order valence-electron chi connectivity index (χ0n) is 20.8. The van der Waals surface area contributed by atoms with Gasteiger partial charge in [-0.2, -0.15) is 5.10 Å². The number of sulfonamides is 1. The monoisotopic (exact) mass is 561 g/mol. The number of hydrogen-bond donors (Lipinski definition) is 1. The molecule has 0 atom stereocenters. The van der Waals surface area contributed by atoms with E-state index in [0.29, 0.717) is 33.1 Å². The maximum atomic E-state index is 12.5. The Hall–Kier alpha value is -4.47. The van der Waals surface area contributed by atoms with E-state index in [2.05, 4.69) is 10.5 Å². The molecule has 4 aromatic carbocycles. The molecule has 0 saturated carbocycles. The minimum atomic E-state index is -3.58. The second kappa shape index (κ2) is 12.4. The molecule has 0 bridgehead atoms. The van der Waals surface area contributed by atoms with Gasteiger partial charge >= 0.3 is 5.97 Å². The molecule has 4 aromatic rings. The van der Waals surface area contributed by atoms with Crippen LogP contribution in [0.15, 0.2) is 108 Å². The number of anilines is 1. The van der Waals surface area contributed by atoms with Crippen molar-refractivity contribution in [2.45, 2.75) is 6.54 Å². The summed E-state index contributed by atoms with van der Waals surface area (Å²) < 4.78 is 31.4. The number of carbonyl (C=O) groups excluding carboxylic acids is 2. The van der Waals surface area contributed by atoms with Crippen LogP contribution in [0.5, 0.6) is 5.75 Å². The van der Waals surface area contributed by atoms with Gasteiger partial charge in [-0.15, -0.1) is 0 Å². The number of rotatable bonds is 9. The van der Waals surface area contributed by atoms with E-state index in [0.717, 1.165) is 11.8 Å². The molecule has 0 saturated heterocycles. The van der Waals surface area contributed by atoms with E-state index in [9.17, 15) is 18.0 Å². The van der Waals surface area contributed by atoms with Crippen molar-refractivity contribution >= 4 is 45.4 Å². The minimum Gasteiger partial charge on any atom is -0.423 e. The molecule has 0 aliphatic heterocycles. The van der Waals surface area contributed by atoms with Crippen molar-refractivity contribution in [3.63, 3.8) is 0 Å². The number of nitrogens with zero attached hydrogens (tertiary/aromatic N) is 2.